The van der Waals surface area contributed by atoms with Crippen LogP contribution in [0.1, 0.15) is 56.9 Å². The lowest BCUT2D eigenvalue weighted by Gasteiger charge is -2.36. The zero-order valence-corrected chi connectivity index (χ0v) is 15.0. The van der Waals surface area contributed by atoms with Gasteiger partial charge < -0.3 is 14.8 Å². The van der Waals surface area contributed by atoms with E-state index in [2.05, 4.69) is 5.32 Å². The van der Waals surface area contributed by atoms with Crippen LogP contribution >= 0.6 is 0 Å². The largest absolute Gasteiger partial charge is 0.353 e. The summed E-state index contributed by atoms with van der Waals surface area (Å²) in [4.78, 5) is 0. The predicted octanol–water partition coefficient (Wildman–Crippen LogP) is 4.16. The van der Waals surface area contributed by atoms with E-state index in [1.54, 1.807) is 12.1 Å². The highest BCUT2D eigenvalue weighted by Crippen LogP contribution is 2.55. The molecule has 2 bridgehead atoms. The molecular weight excluding hydrogens is 317 g/mol. The summed E-state index contributed by atoms with van der Waals surface area (Å²) < 4.78 is 24.7. The topological polar surface area (TPSA) is 30.5 Å². The van der Waals surface area contributed by atoms with E-state index < -0.39 is 0 Å². The lowest BCUT2D eigenvalue weighted by Crippen LogP contribution is -2.45. The molecule has 25 heavy (non-hydrogen) atoms. The summed E-state index contributed by atoms with van der Waals surface area (Å²) in [5.41, 5.74) is 1.53. The van der Waals surface area contributed by atoms with Crippen LogP contribution in [0.3, 0.4) is 0 Å². The molecule has 1 N–H and O–H groups in total. The molecular formula is C21H30FNO2. The van der Waals surface area contributed by atoms with E-state index in [0.717, 1.165) is 44.9 Å². The highest BCUT2D eigenvalue weighted by atomic mass is 19.1. The number of hydrogen-bond donors (Lipinski definition) is 1. The Labute approximate surface area is 150 Å². The summed E-state index contributed by atoms with van der Waals surface area (Å²) in [5, 5.41) is 3.79. The molecule has 3 aliphatic rings. The van der Waals surface area contributed by atoms with Crippen LogP contribution in [-0.4, -0.2) is 32.1 Å². The van der Waals surface area contributed by atoms with Crippen LogP contribution in [0.4, 0.5) is 4.39 Å². The van der Waals surface area contributed by atoms with E-state index in [4.69, 9.17) is 9.47 Å². The van der Waals surface area contributed by atoms with Gasteiger partial charge in [-0.1, -0.05) is 12.1 Å². The highest BCUT2D eigenvalue weighted by molar-refractivity contribution is 5.32. The van der Waals surface area contributed by atoms with Gasteiger partial charge in [-0.2, -0.15) is 0 Å². The van der Waals surface area contributed by atoms with Crippen molar-refractivity contribution < 1.29 is 13.9 Å². The smallest absolute Gasteiger partial charge is 0.157 e. The van der Waals surface area contributed by atoms with Crippen molar-refractivity contribution in [2.45, 2.75) is 69.1 Å². The maximum atomic E-state index is 13.3. The maximum Gasteiger partial charge on any atom is 0.157 e. The molecule has 3 fully saturated rings. The molecule has 2 saturated carbocycles. The molecule has 4 heteroatoms. The van der Waals surface area contributed by atoms with Gasteiger partial charge in [0.25, 0.3) is 0 Å². The summed E-state index contributed by atoms with van der Waals surface area (Å²) >= 11 is 0. The molecule has 1 aliphatic heterocycles. The lowest BCUT2D eigenvalue weighted by atomic mass is 9.74. The van der Waals surface area contributed by atoms with Crippen LogP contribution in [0.15, 0.2) is 24.3 Å². The molecule has 0 amide bonds. The van der Waals surface area contributed by atoms with Crippen LogP contribution in [0, 0.1) is 11.7 Å². The molecule has 4 unspecified atom stereocenters. The second kappa shape index (κ2) is 7.73. The van der Waals surface area contributed by atoms with Crippen molar-refractivity contribution in [3.8, 4) is 0 Å². The zero-order chi connectivity index (χ0) is 17.1. The Kier molecular flexibility index (Phi) is 5.39. The summed E-state index contributed by atoms with van der Waals surface area (Å²) in [7, 11) is 0. The maximum absolute atomic E-state index is 13.3. The van der Waals surface area contributed by atoms with Crippen molar-refractivity contribution in [1.29, 1.82) is 0 Å². The Morgan fingerprint density at radius 3 is 2.84 bits per heavy atom. The minimum atomic E-state index is -0.140. The van der Waals surface area contributed by atoms with Gasteiger partial charge in [0, 0.05) is 18.1 Å². The predicted molar refractivity (Wildman–Crippen MR) is 96.0 cm³/mol. The fraction of sp³-hybridized carbons (Fsp3) is 0.714. The first kappa shape index (κ1) is 17.4. The van der Waals surface area contributed by atoms with Crippen LogP contribution in [0.25, 0.3) is 0 Å². The first-order valence-electron chi connectivity index (χ1n) is 9.99. The number of benzene rings is 1. The highest BCUT2D eigenvalue weighted by Gasteiger charge is 2.52. The van der Waals surface area contributed by atoms with E-state index in [9.17, 15) is 4.39 Å². The van der Waals surface area contributed by atoms with Gasteiger partial charge in [0.2, 0.25) is 0 Å². The molecule has 0 radical (unpaired) electrons. The van der Waals surface area contributed by atoms with Crippen molar-refractivity contribution in [3.05, 3.63) is 35.6 Å². The van der Waals surface area contributed by atoms with Crippen molar-refractivity contribution in [3.63, 3.8) is 0 Å². The standard InChI is InChI=1S/C21H30FNO2/c22-18-7-5-17(6-8-18)21-10-9-16(15-21)14-19(21)23-11-3-13-25-20-4-1-2-12-24-20/h5-8,16,19-20,23H,1-4,9-15H2. The van der Waals surface area contributed by atoms with Crippen LogP contribution in [0.2, 0.25) is 0 Å². The number of hydrogen-bond acceptors (Lipinski definition) is 3. The number of ether oxygens (including phenoxy) is 2. The summed E-state index contributed by atoms with van der Waals surface area (Å²) in [6.45, 7) is 2.58. The molecule has 0 aromatic heterocycles. The van der Waals surface area contributed by atoms with Gasteiger partial charge in [-0.15, -0.1) is 0 Å². The second-order valence-electron chi connectivity index (χ2n) is 8.03. The Morgan fingerprint density at radius 2 is 2.08 bits per heavy atom. The third-order valence-electron chi connectivity index (χ3n) is 6.46. The number of halogens is 1. The van der Waals surface area contributed by atoms with Crippen molar-refractivity contribution in [1.82, 2.24) is 5.32 Å². The first-order chi connectivity index (χ1) is 12.3. The molecule has 4 rings (SSSR count). The number of fused-ring (bicyclic) bond motifs is 2. The van der Waals surface area contributed by atoms with Crippen molar-refractivity contribution in [2.24, 2.45) is 5.92 Å². The number of rotatable bonds is 7. The van der Waals surface area contributed by atoms with Gasteiger partial charge in [-0.25, -0.2) is 4.39 Å². The van der Waals surface area contributed by atoms with E-state index in [1.165, 1.54) is 37.7 Å². The van der Waals surface area contributed by atoms with Crippen molar-refractivity contribution in [2.75, 3.05) is 19.8 Å². The van der Waals surface area contributed by atoms with E-state index in [-0.39, 0.29) is 17.5 Å². The second-order valence-corrected chi connectivity index (χ2v) is 8.03. The van der Waals surface area contributed by atoms with Gasteiger partial charge in [-0.05, 0) is 81.5 Å². The van der Waals surface area contributed by atoms with Gasteiger partial charge in [-0.3, -0.25) is 0 Å². The Morgan fingerprint density at radius 1 is 1.20 bits per heavy atom. The van der Waals surface area contributed by atoms with Crippen LogP contribution in [-0.2, 0) is 14.9 Å². The van der Waals surface area contributed by atoms with E-state index >= 15 is 0 Å². The fourth-order valence-corrected chi connectivity index (χ4v) is 5.19. The molecule has 4 atom stereocenters. The summed E-state index contributed by atoms with van der Waals surface area (Å²) in [5.74, 6) is 0.689. The van der Waals surface area contributed by atoms with Crippen LogP contribution < -0.4 is 5.32 Å². The fourth-order valence-electron chi connectivity index (χ4n) is 5.19. The molecule has 0 spiro atoms. The monoisotopic (exact) mass is 347 g/mol. The van der Waals surface area contributed by atoms with Crippen molar-refractivity contribution >= 4 is 0 Å². The Bertz CT molecular complexity index is 558. The molecule has 1 aromatic carbocycles. The third kappa shape index (κ3) is 3.76. The first-order valence-corrected chi connectivity index (χ1v) is 9.99. The Hall–Kier alpha value is -0.970. The molecule has 1 saturated heterocycles. The third-order valence-corrected chi connectivity index (χ3v) is 6.46. The Balaban J connectivity index is 1.27. The van der Waals surface area contributed by atoms with E-state index in [0.29, 0.717) is 6.04 Å². The molecule has 3 nitrogen and oxygen atoms in total. The molecule has 1 aromatic rings. The zero-order valence-electron chi connectivity index (χ0n) is 15.0. The molecule has 138 valence electrons. The number of nitrogens with one attached hydrogen (secondary N) is 1. The minimum absolute atomic E-state index is 0.0156. The van der Waals surface area contributed by atoms with E-state index in [1.807, 2.05) is 12.1 Å². The van der Waals surface area contributed by atoms with Gasteiger partial charge in [0.15, 0.2) is 6.29 Å². The van der Waals surface area contributed by atoms with Gasteiger partial charge >= 0.3 is 0 Å². The normalized spacial score (nSPS) is 34.5. The summed E-state index contributed by atoms with van der Waals surface area (Å²) in [6.07, 6.45) is 9.49. The van der Waals surface area contributed by atoms with Crippen LogP contribution in [0.5, 0.6) is 0 Å². The summed E-state index contributed by atoms with van der Waals surface area (Å²) in [6, 6.07) is 7.75. The van der Waals surface area contributed by atoms with Gasteiger partial charge in [0.05, 0.1) is 6.61 Å². The minimum Gasteiger partial charge on any atom is -0.353 e. The molecule has 2 aliphatic carbocycles. The molecule has 1 heterocycles. The average molecular weight is 347 g/mol. The SMILES string of the molecule is Fc1ccc(C23CCC(CC2NCCCOC2CCCCO2)C3)cc1. The lowest BCUT2D eigenvalue weighted by molar-refractivity contribution is -0.162. The van der Waals surface area contributed by atoms with Gasteiger partial charge in [0.1, 0.15) is 5.82 Å². The average Bonchev–Trinajstić information content (AvgIpc) is 3.22. The quantitative estimate of drug-likeness (QED) is 0.751.